The molecule has 3 saturated carbocycles. The molecule has 27 heavy (non-hydrogen) atoms. The Morgan fingerprint density at radius 2 is 1.63 bits per heavy atom. The van der Waals surface area contributed by atoms with Gasteiger partial charge in [0.2, 0.25) is 0 Å². The first-order chi connectivity index (χ1) is 12.6. The lowest BCUT2D eigenvalue weighted by atomic mass is 9.35. The first kappa shape index (κ1) is 18.3. The summed E-state index contributed by atoms with van der Waals surface area (Å²) in [7, 11) is 0. The van der Waals surface area contributed by atoms with E-state index < -0.39 is 0 Å². The molecule has 1 aromatic heterocycles. The molecule has 2 nitrogen and oxygen atoms in total. The largest absolute Gasteiger partial charge is 0.472 e. The molecule has 1 aromatic rings. The minimum absolute atomic E-state index is 0.140. The van der Waals surface area contributed by atoms with Crippen LogP contribution >= 0.6 is 0 Å². The maximum atomic E-state index is 11.6. The van der Waals surface area contributed by atoms with Gasteiger partial charge in [0.05, 0.1) is 18.6 Å². The molecule has 0 aromatic carbocycles. The Labute approximate surface area is 165 Å². The molecule has 0 aliphatic heterocycles. The number of rotatable bonds is 0. The molecule has 4 aliphatic carbocycles. The molecule has 0 radical (unpaired) electrons. The molecule has 4 aliphatic rings. The van der Waals surface area contributed by atoms with Crippen molar-refractivity contribution in [2.75, 3.05) is 0 Å². The molecule has 3 unspecified atom stereocenters. The normalized spacial score (nSPS) is 50.9. The zero-order chi connectivity index (χ0) is 19.2. The van der Waals surface area contributed by atoms with Gasteiger partial charge in [0.15, 0.2) is 0 Å². The molecule has 2 heteroatoms. The standard InChI is InChI=1S/C25H38O2/c1-22(2)10-6-11-23(3)18(22)9-12-24(4)19-8-7-16-14-27-15-17(16)25(19,5)21(26)13-20(23)24/h14-15,18-21,26H,6-13H2,1-5H3/t18?,19?,20?,21-,23+,24+,25-/m1/s1. The summed E-state index contributed by atoms with van der Waals surface area (Å²) >= 11 is 0. The molecular weight excluding hydrogens is 332 g/mol. The van der Waals surface area contributed by atoms with Crippen molar-refractivity contribution in [3.63, 3.8) is 0 Å². The van der Waals surface area contributed by atoms with Crippen LogP contribution in [-0.2, 0) is 11.8 Å². The zero-order valence-corrected chi connectivity index (χ0v) is 18.0. The predicted octanol–water partition coefficient (Wildman–Crippen LogP) is 6.11. The van der Waals surface area contributed by atoms with Gasteiger partial charge in [-0.3, -0.25) is 0 Å². The van der Waals surface area contributed by atoms with Crippen LogP contribution in [0.3, 0.4) is 0 Å². The highest BCUT2D eigenvalue weighted by Gasteiger charge is 2.67. The number of aryl methyl sites for hydroxylation is 1. The summed E-state index contributed by atoms with van der Waals surface area (Å²) in [5, 5.41) is 11.6. The Morgan fingerprint density at radius 3 is 2.41 bits per heavy atom. The molecule has 0 spiro atoms. The molecule has 0 saturated heterocycles. The van der Waals surface area contributed by atoms with Gasteiger partial charge in [-0.15, -0.1) is 0 Å². The zero-order valence-electron chi connectivity index (χ0n) is 18.0. The van der Waals surface area contributed by atoms with Crippen LogP contribution in [0.2, 0.25) is 0 Å². The Bertz CT molecular complexity index is 747. The lowest BCUT2D eigenvalue weighted by Gasteiger charge is -2.69. The molecular formula is C25H38O2. The topological polar surface area (TPSA) is 33.4 Å². The number of furan rings is 1. The quantitative estimate of drug-likeness (QED) is 0.597. The Balaban J connectivity index is 1.61. The van der Waals surface area contributed by atoms with Crippen molar-refractivity contribution < 1.29 is 9.52 Å². The van der Waals surface area contributed by atoms with Crippen LogP contribution in [-0.4, -0.2) is 11.2 Å². The monoisotopic (exact) mass is 370 g/mol. The van der Waals surface area contributed by atoms with Gasteiger partial charge in [-0.05, 0) is 84.5 Å². The molecule has 0 amide bonds. The van der Waals surface area contributed by atoms with Crippen molar-refractivity contribution >= 4 is 0 Å². The SMILES string of the molecule is CC1(C)CCC[C@@]2(C)C1CC[C@]1(C)C2C[C@@H](O)[C@]2(C)c3cocc3CCC12. The van der Waals surface area contributed by atoms with Crippen LogP contribution in [0.4, 0.5) is 0 Å². The summed E-state index contributed by atoms with van der Waals surface area (Å²) in [6.07, 6.45) is 13.7. The third kappa shape index (κ3) is 2.12. The van der Waals surface area contributed by atoms with Gasteiger partial charge in [0.25, 0.3) is 0 Å². The minimum Gasteiger partial charge on any atom is -0.472 e. The number of fused-ring (bicyclic) bond motifs is 7. The maximum absolute atomic E-state index is 11.6. The third-order valence-corrected chi connectivity index (χ3v) is 10.5. The fraction of sp³-hybridized carbons (Fsp3) is 0.840. The lowest BCUT2D eigenvalue weighted by molar-refractivity contribution is -0.207. The van der Waals surface area contributed by atoms with E-state index in [2.05, 4.69) is 34.6 Å². The van der Waals surface area contributed by atoms with E-state index in [-0.39, 0.29) is 11.5 Å². The van der Waals surface area contributed by atoms with Gasteiger partial charge in [0, 0.05) is 11.0 Å². The van der Waals surface area contributed by atoms with Crippen LogP contribution in [0.5, 0.6) is 0 Å². The van der Waals surface area contributed by atoms with Gasteiger partial charge in [-0.25, -0.2) is 0 Å². The molecule has 150 valence electrons. The fourth-order valence-corrected chi connectivity index (χ4v) is 9.31. The highest BCUT2D eigenvalue weighted by molar-refractivity contribution is 5.38. The van der Waals surface area contributed by atoms with E-state index >= 15 is 0 Å². The second kappa shape index (κ2) is 5.43. The summed E-state index contributed by atoms with van der Waals surface area (Å²) in [4.78, 5) is 0. The van der Waals surface area contributed by atoms with Gasteiger partial charge in [0.1, 0.15) is 0 Å². The smallest absolute Gasteiger partial charge is 0.0944 e. The first-order valence-corrected chi connectivity index (χ1v) is 11.4. The third-order valence-electron chi connectivity index (χ3n) is 10.5. The number of hydrogen-bond acceptors (Lipinski definition) is 2. The minimum atomic E-state index is -0.252. The summed E-state index contributed by atoms with van der Waals surface area (Å²) < 4.78 is 5.62. The molecule has 7 atom stereocenters. The number of aliphatic hydroxyl groups excluding tert-OH is 1. The van der Waals surface area contributed by atoms with Gasteiger partial charge < -0.3 is 9.52 Å². The molecule has 5 rings (SSSR count). The Morgan fingerprint density at radius 1 is 0.889 bits per heavy atom. The second-order valence-electron chi connectivity index (χ2n) is 11.9. The van der Waals surface area contributed by atoms with Crippen LogP contribution in [0.1, 0.15) is 90.7 Å². The summed E-state index contributed by atoms with van der Waals surface area (Å²) in [6, 6.07) is 0. The van der Waals surface area contributed by atoms with Crippen molar-refractivity contribution in [2.45, 2.75) is 97.5 Å². The summed E-state index contributed by atoms with van der Waals surface area (Å²) in [6.45, 7) is 12.6. The molecule has 3 fully saturated rings. The van der Waals surface area contributed by atoms with Crippen LogP contribution in [0.25, 0.3) is 0 Å². The van der Waals surface area contributed by atoms with E-state index in [0.29, 0.717) is 28.1 Å². The van der Waals surface area contributed by atoms with Crippen LogP contribution in [0, 0.1) is 34.0 Å². The highest BCUT2D eigenvalue weighted by atomic mass is 16.3. The maximum Gasteiger partial charge on any atom is 0.0944 e. The van der Waals surface area contributed by atoms with Crippen LogP contribution < -0.4 is 0 Å². The Kier molecular flexibility index (Phi) is 3.68. The van der Waals surface area contributed by atoms with Crippen molar-refractivity contribution in [1.82, 2.24) is 0 Å². The van der Waals surface area contributed by atoms with Crippen molar-refractivity contribution in [2.24, 2.45) is 34.0 Å². The van der Waals surface area contributed by atoms with Crippen LogP contribution in [0.15, 0.2) is 16.9 Å². The molecule has 0 bridgehead atoms. The average molecular weight is 371 g/mol. The van der Waals surface area contributed by atoms with Crippen molar-refractivity contribution in [1.29, 1.82) is 0 Å². The van der Waals surface area contributed by atoms with Crippen molar-refractivity contribution in [3.05, 3.63) is 23.7 Å². The van der Waals surface area contributed by atoms with E-state index in [1.807, 2.05) is 12.5 Å². The van der Waals surface area contributed by atoms with E-state index in [0.717, 1.165) is 18.8 Å². The summed E-state index contributed by atoms with van der Waals surface area (Å²) in [5.74, 6) is 2.01. The predicted molar refractivity (Wildman–Crippen MR) is 109 cm³/mol. The Hall–Kier alpha value is -0.760. The number of hydrogen-bond donors (Lipinski definition) is 1. The summed E-state index contributed by atoms with van der Waals surface area (Å²) in [5.41, 5.74) is 3.68. The van der Waals surface area contributed by atoms with Gasteiger partial charge >= 0.3 is 0 Å². The van der Waals surface area contributed by atoms with E-state index in [9.17, 15) is 5.11 Å². The second-order valence-corrected chi connectivity index (χ2v) is 11.9. The average Bonchev–Trinajstić information content (AvgIpc) is 3.06. The van der Waals surface area contributed by atoms with Gasteiger partial charge in [-0.2, -0.15) is 0 Å². The first-order valence-electron chi connectivity index (χ1n) is 11.4. The lowest BCUT2D eigenvalue weighted by Crippen LogP contribution is -2.66. The number of aliphatic hydroxyl groups is 1. The van der Waals surface area contributed by atoms with Gasteiger partial charge in [-0.1, -0.05) is 41.0 Å². The van der Waals surface area contributed by atoms with E-state index in [1.165, 1.54) is 49.7 Å². The van der Waals surface area contributed by atoms with Crippen molar-refractivity contribution in [3.8, 4) is 0 Å². The highest BCUT2D eigenvalue weighted by Crippen LogP contribution is 2.72. The van der Waals surface area contributed by atoms with E-state index in [4.69, 9.17) is 4.42 Å². The van der Waals surface area contributed by atoms with E-state index in [1.54, 1.807) is 0 Å². The molecule has 1 heterocycles. The fourth-order valence-electron chi connectivity index (χ4n) is 9.31. The molecule has 1 N–H and O–H groups in total.